The molecule has 8 heteroatoms. The van der Waals surface area contributed by atoms with Crippen molar-refractivity contribution in [1.82, 2.24) is 19.9 Å². The maximum atomic E-state index is 12.9. The monoisotopic (exact) mass is 357 g/mol. The van der Waals surface area contributed by atoms with Crippen LogP contribution >= 0.6 is 0 Å². The third-order valence-electron chi connectivity index (χ3n) is 4.21. The second-order valence-electron chi connectivity index (χ2n) is 6.27. The van der Waals surface area contributed by atoms with Gasteiger partial charge >= 0.3 is 0 Å². The first-order valence-electron chi connectivity index (χ1n) is 8.53. The van der Waals surface area contributed by atoms with Crippen LogP contribution in [0.2, 0.25) is 0 Å². The van der Waals surface area contributed by atoms with Gasteiger partial charge in [0, 0.05) is 39.2 Å². The predicted octanol–water partition coefficient (Wildman–Crippen LogP) is 1.63. The summed E-state index contributed by atoms with van der Waals surface area (Å²) in [4.78, 5) is 29.2. The largest absolute Gasteiger partial charge is 0.480 e. The van der Waals surface area contributed by atoms with Crippen molar-refractivity contribution in [1.29, 1.82) is 0 Å². The Bertz CT molecular complexity index is 768. The molecule has 1 saturated heterocycles. The van der Waals surface area contributed by atoms with E-state index in [0.29, 0.717) is 36.2 Å². The van der Waals surface area contributed by atoms with Gasteiger partial charge in [-0.15, -0.1) is 0 Å². The van der Waals surface area contributed by atoms with Crippen LogP contribution in [0.5, 0.6) is 11.8 Å². The first-order valence-corrected chi connectivity index (χ1v) is 8.53. The lowest BCUT2D eigenvalue weighted by atomic mass is 10.1. The Labute approximate surface area is 152 Å². The number of likely N-dealkylation sites (tertiary alicyclic amines) is 1. The Kier molecular flexibility index (Phi) is 5.50. The summed E-state index contributed by atoms with van der Waals surface area (Å²) < 4.78 is 11.3. The molecule has 1 aliphatic heterocycles. The number of hydrogen-bond acceptors (Lipinski definition) is 7. The van der Waals surface area contributed by atoms with Crippen molar-refractivity contribution < 1.29 is 14.3 Å². The number of carbonyl (C=O) groups is 1. The first kappa shape index (κ1) is 17.9. The lowest BCUT2D eigenvalue weighted by molar-refractivity contribution is 0.0524. The van der Waals surface area contributed by atoms with Gasteiger partial charge in [-0.2, -0.15) is 0 Å². The average Bonchev–Trinajstić information content (AvgIpc) is 2.68. The van der Waals surface area contributed by atoms with E-state index in [-0.39, 0.29) is 12.0 Å². The fourth-order valence-corrected chi connectivity index (χ4v) is 2.97. The average molecular weight is 357 g/mol. The standard InChI is InChI=1S/C18H23N5O3/c1-22(2)15-17(21-10-9-19-15)26-13-6-5-11-23(12-13)18(24)14-7-4-8-20-16(14)25-3/h4,7-10,13H,5-6,11-12H2,1-3H3. The molecule has 0 N–H and O–H groups in total. The predicted molar refractivity (Wildman–Crippen MR) is 96.7 cm³/mol. The number of piperidine rings is 1. The number of pyridine rings is 1. The van der Waals surface area contributed by atoms with Crippen molar-refractivity contribution in [2.75, 3.05) is 39.2 Å². The van der Waals surface area contributed by atoms with Gasteiger partial charge in [0.25, 0.3) is 11.8 Å². The van der Waals surface area contributed by atoms with E-state index in [9.17, 15) is 4.79 Å². The molecule has 0 saturated carbocycles. The molecular weight excluding hydrogens is 334 g/mol. The minimum absolute atomic E-state index is 0.102. The zero-order valence-corrected chi connectivity index (χ0v) is 15.3. The molecule has 138 valence electrons. The Hall–Kier alpha value is -2.90. The van der Waals surface area contributed by atoms with Crippen LogP contribution in [0.25, 0.3) is 0 Å². The lowest BCUT2D eigenvalue weighted by Gasteiger charge is -2.33. The number of ether oxygens (including phenoxy) is 2. The van der Waals surface area contributed by atoms with Gasteiger partial charge in [-0.1, -0.05) is 0 Å². The zero-order valence-electron chi connectivity index (χ0n) is 15.3. The van der Waals surface area contributed by atoms with E-state index in [4.69, 9.17) is 9.47 Å². The molecule has 1 aliphatic rings. The fourth-order valence-electron chi connectivity index (χ4n) is 2.97. The fraction of sp³-hybridized carbons (Fsp3) is 0.444. The molecule has 2 aromatic rings. The van der Waals surface area contributed by atoms with E-state index in [1.54, 1.807) is 35.6 Å². The number of nitrogens with zero attached hydrogens (tertiary/aromatic N) is 5. The molecule has 0 radical (unpaired) electrons. The van der Waals surface area contributed by atoms with Gasteiger partial charge in [0.1, 0.15) is 11.7 Å². The highest BCUT2D eigenvalue weighted by molar-refractivity contribution is 5.96. The van der Waals surface area contributed by atoms with Crippen LogP contribution in [0, 0.1) is 0 Å². The van der Waals surface area contributed by atoms with E-state index in [1.807, 2.05) is 19.0 Å². The normalized spacial score (nSPS) is 16.9. The van der Waals surface area contributed by atoms with Gasteiger partial charge in [0.15, 0.2) is 5.82 Å². The highest BCUT2D eigenvalue weighted by atomic mass is 16.5. The summed E-state index contributed by atoms with van der Waals surface area (Å²) in [5.41, 5.74) is 0.462. The number of amides is 1. The van der Waals surface area contributed by atoms with Crippen LogP contribution in [0.4, 0.5) is 5.82 Å². The Morgan fingerprint density at radius 2 is 1.96 bits per heavy atom. The molecule has 0 aliphatic carbocycles. The minimum Gasteiger partial charge on any atom is -0.480 e. The van der Waals surface area contributed by atoms with Crippen molar-refractivity contribution in [3.05, 3.63) is 36.3 Å². The van der Waals surface area contributed by atoms with Crippen LogP contribution < -0.4 is 14.4 Å². The number of anilines is 1. The molecular formula is C18H23N5O3. The molecule has 3 rings (SSSR count). The third kappa shape index (κ3) is 3.84. The van der Waals surface area contributed by atoms with Gasteiger partial charge in [-0.3, -0.25) is 4.79 Å². The van der Waals surface area contributed by atoms with E-state index in [1.165, 1.54) is 7.11 Å². The van der Waals surface area contributed by atoms with E-state index in [0.717, 1.165) is 12.8 Å². The number of aromatic nitrogens is 3. The van der Waals surface area contributed by atoms with Crippen molar-refractivity contribution in [2.24, 2.45) is 0 Å². The highest BCUT2D eigenvalue weighted by Crippen LogP contribution is 2.25. The molecule has 3 heterocycles. The van der Waals surface area contributed by atoms with Gasteiger partial charge in [-0.05, 0) is 25.0 Å². The zero-order chi connectivity index (χ0) is 18.5. The van der Waals surface area contributed by atoms with Gasteiger partial charge in [0.2, 0.25) is 5.88 Å². The summed E-state index contributed by atoms with van der Waals surface area (Å²) in [6.45, 7) is 1.16. The number of rotatable bonds is 5. The Balaban J connectivity index is 1.73. The third-order valence-corrected chi connectivity index (χ3v) is 4.21. The van der Waals surface area contributed by atoms with Gasteiger partial charge in [0.05, 0.1) is 13.7 Å². The molecule has 1 amide bonds. The summed E-state index contributed by atoms with van der Waals surface area (Å²) >= 11 is 0. The summed E-state index contributed by atoms with van der Waals surface area (Å²) in [5, 5.41) is 0. The van der Waals surface area contributed by atoms with E-state index >= 15 is 0 Å². The SMILES string of the molecule is COc1ncccc1C(=O)N1CCCC(Oc2nccnc2N(C)C)C1. The van der Waals surface area contributed by atoms with Crippen LogP contribution in [0.15, 0.2) is 30.7 Å². The molecule has 0 spiro atoms. The molecule has 0 bridgehead atoms. The molecule has 2 aromatic heterocycles. The van der Waals surface area contributed by atoms with Crippen LogP contribution in [-0.4, -0.2) is 66.2 Å². The van der Waals surface area contributed by atoms with Crippen LogP contribution in [0.3, 0.4) is 0 Å². The molecule has 1 unspecified atom stereocenters. The van der Waals surface area contributed by atoms with Gasteiger partial charge < -0.3 is 19.3 Å². The molecule has 0 aromatic carbocycles. The maximum Gasteiger partial charge on any atom is 0.259 e. The van der Waals surface area contributed by atoms with Crippen LogP contribution in [-0.2, 0) is 0 Å². The Morgan fingerprint density at radius 1 is 1.19 bits per heavy atom. The molecule has 1 atom stereocenters. The second-order valence-corrected chi connectivity index (χ2v) is 6.27. The second kappa shape index (κ2) is 7.99. The smallest absolute Gasteiger partial charge is 0.259 e. The highest BCUT2D eigenvalue weighted by Gasteiger charge is 2.28. The van der Waals surface area contributed by atoms with Crippen molar-refractivity contribution >= 4 is 11.7 Å². The summed E-state index contributed by atoms with van der Waals surface area (Å²) in [6.07, 6.45) is 6.43. The summed E-state index contributed by atoms with van der Waals surface area (Å²) in [7, 11) is 5.29. The quantitative estimate of drug-likeness (QED) is 0.804. The van der Waals surface area contributed by atoms with Crippen molar-refractivity contribution in [3.8, 4) is 11.8 Å². The van der Waals surface area contributed by atoms with Gasteiger partial charge in [-0.25, -0.2) is 15.0 Å². The van der Waals surface area contributed by atoms with Crippen molar-refractivity contribution in [3.63, 3.8) is 0 Å². The molecule has 26 heavy (non-hydrogen) atoms. The minimum atomic E-state index is -0.134. The summed E-state index contributed by atoms with van der Waals surface area (Å²) in [6, 6.07) is 3.46. The first-order chi connectivity index (χ1) is 12.6. The summed E-state index contributed by atoms with van der Waals surface area (Å²) in [5.74, 6) is 1.39. The number of hydrogen-bond donors (Lipinski definition) is 0. The van der Waals surface area contributed by atoms with Crippen molar-refractivity contribution in [2.45, 2.75) is 18.9 Å². The van der Waals surface area contributed by atoms with E-state index < -0.39 is 0 Å². The molecule has 8 nitrogen and oxygen atoms in total. The lowest BCUT2D eigenvalue weighted by Crippen LogP contribution is -2.44. The number of methoxy groups -OCH3 is 1. The molecule has 1 fully saturated rings. The van der Waals surface area contributed by atoms with E-state index in [2.05, 4.69) is 15.0 Å². The maximum absolute atomic E-state index is 12.9. The Morgan fingerprint density at radius 3 is 2.73 bits per heavy atom. The number of carbonyl (C=O) groups excluding carboxylic acids is 1. The van der Waals surface area contributed by atoms with Crippen LogP contribution in [0.1, 0.15) is 23.2 Å². The topological polar surface area (TPSA) is 80.7 Å².